The molecule has 0 bridgehead atoms. The van der Waals surface area contributed by atoms with Crippen molar-refractivity contribution in [2.24, 2.45) is 0 Å². The lowest BCUT2D eigenvalue weighted by atomic mass is 10.1. The maximum absolute atomic E-state index is 12.5. The monoisotopic (exact) mass is 361 g/mol. The number of rotatable bonds is 1. The molecule has 0 unspecified atom stereocenters. The molecule has 2 nitrogen and oxygen atoms in total. The molecule has 1 fully saturated rings. The first-order chi connectivity index (χ1) is 8.87. The fourth-order valence-corrected chi connectivity index (χ4v) is 4.04. The van der Waals surface area contributed by atoms with E-state index in [1.807, 2.05) is 22.7 Å². The molecule has 0 aliphatic carbocycles. The molecular weight excluding hydrogens is 346 g/mol. The van der Waals surface area contributed by atoms with Gasteiger partial charge >= 0.3 is 0 Å². The van der Waals surface area contributed by atoms with E-state index in [2.05, 4.69) is 29.8 Å². The van der Waals surface area contributed by atoms with Crippen molar-refractivity contribution < 1.29 is 4.79 Å². The average molecular weight is 363 g/mol. The van der Waals surface area contributed by atoms with Gasteiger partial charge in [-0.05, 0) is 24.6 Å². The van der Waals surface area contributed by atoms with E-state index in [0.29, 0.717) is 10.6 Å². The van der Waals surface area contributed by atoms with E-state index in [4.69, 9.17) is 11.6 Å². The number of hydrogen-bond donors (Lipinski definition) is 0. The van der Waals surface area contributed by atoms with Crippen LogP contribution in [0.25, 0.3) is 0 Å². The highest BCUT2D eigenvalue weighted by molar-refractivity contribution is 9.10. The van der Waals surface area contributed by atoms with E-state index >= 15 is 0 Å². The Morgan fingerprint density at radius 3 is 2.79 bits per heavy atom. The number of thioether (sulfide) groups is 1. The highest BCUT2D eigenvalue weighted by Crippen LogP contribution is 2.31. The third kappa shape index (κ3) is 4.14. The van der Waals surface area contributed by atoms with Gasteiger partial charge < -0.3 is 4.90 Å². The summed E-state index contributed by atoms with van der Waals surface area (Å²) in [6.07, 6.45) is 1.02. The highest BCUT2D eigenvalue weighted by atomic mass is 79.9. The topological polar surface area (TPSA) is 20.3 Å². The summed E-state index contributed by atoms with van der Waals surface area (Å²) in [6, 6.07) is 5.36. The van der Waals surface area contributed by atoms with Gasteiger partial charge in [-0.3, -0.25) is 4.79 Å². The number of halogens is 2. The van der Waals surface area contributed by atoms with Crippen LogP contribution in [0.3, 0.4) is 0 Å². The lowest BCUT2D eigenvalue weighted by molar-refractivity contribution is 0.0764. The Bertz CT molecular complexity index is 472. The molecule has 19 heavy (non-hydrogen) atoms. The van der Waals surface area contributed by atoms with Crippen molar-refractivity contribution in [3.63, 3.8) is 0 Å². The number of hydrogen-bond acceptors (Lipinski definition) is 2. The van der Waals surface area contributed by atoms with Crippen LogP contribution in [0.15, 0.2) is 22.7 Å². The summed E-state index contributed by atoms with van der Waals surface area (Å²) in [5.74, 6) is 1.06. The quantitative estimate of drug-likeness (QED) is 0.735. The maximum atomic E-state index is 12.5. The number of benzene rings is 1. The van der Waals surface area contributed by atoms with Crippen molar-refractivity contribution in [2.75, 3.05) is 18.8 Å². The minimum Gasteiger partial charge on any atom is -0.338 e. The Hall–Kier alpha value is -0.190. The first-order valence-electron chi connectivity index (χ1n) is 6.27. The van der Waals surface area contributed by atoms with Gasteiger partial charge in [-0.2, -0.15) is 11.8 Å². The molecule has 0 aromatic heterocycles. The molecular formula is C14H17BrClNOS. The smallest absolute Gasteiger partial charge is 0.253 e. The van der Waals surface area contributed by atoms with Crippen LogP contribution in [-0.4, -0.2) is 34.4 Å². The molecule has 0 spiro atoms. The molecule has 0 atom stereocenters. The minimum absolute atomic E-state index is 0.0708. The molecule has 0 saturated carbocycles. The molecule has 0 radical (unpaired) electrons. The molecule has 0 N–H and O–H groups in total. The van der Waals surface area contributed by atoms with Crippen LogP contribution in [0, 0.1) is 0 Å². The lowest BCUT2D eigenvalue weighted by Crippen LogP contribution is -2.33. The van der Waals surface area contributed by atoms with E-state index < -0.39 is 0 Å². The van der Waals surface area contributed by atoms with Gasteiger partial charge in [0.25, 0.3) is 5.91 Å². The minimum atomic E-state index is 0.0708. The highest BCUT2D eigenvalue weighted by Gasteiger charge is 2.26. The number of carbonyl (C=O) groups excluding carboxylic acids is 1. The van der Waals surface area contributed by atoms with Gasteiger partial charge in [0.15, 0.2) is 0 Å². The second-order valence-corrected chi connectivity index (χ2v) is 8.46. The Labute approximate surface area is 132 Å². The summed E-state index contributed by atoms with van der Waals surface area (Å²) < 4.78 is 1.09. The lowest BCUT2D eigenvalue weighted by Gasteiger charge is -2.23. The Morgan fingerprint density at radius 2 is 2.11 bits per heavy atom. The fourth-order valence-electron chi connectivity index (χ4n) is 2.08. The number of carbonyl (C=O) groups is 1. The van der Waals surface area contributed by atoms with E-state index in [1.165, 1.54) is 0 Å². The van der Waals surface area contributed by atoms with Crippen LogP contribution in [-0.2, 0) is 0 Å². The summed E-state index contributed by atoms with van der Waals surface area (Å²) in [7, 11) is 0. The van der Waals surface area contributed by atoms with Crippen molar-refractivity contribution in [3.8, 4) is 0 Å². The number of amides is 1. The first kappa shape index (κ1) is 15.2. The molecule has 1 aliphatic heterocycles. The molecule has 2 rings (SSSR count). The predicted molar refractivity (Wildman–Crippen MR) is 86.2 cm³/mol. The molecule has 1 amide bonds. The van der Waals surface area contributed by atoms with Crippen molar-refractivity contribution in [1.29, 1.82) is 0 Å². The zero-order valence-electron chi connectivity index (χ0n) is 11.1. The van der Waals surface area contributed by atoms with Gasteiger partial charge in [-0.15, -0.1) is 0 Å². The summed E-state index contributed by atoms with van der Waals surface area (Å²) in [5, 5.41) is 0.585. The van der Waals surface area contributed by atoms with Crippen molar-refractivity contribution >= 4 is 45.2 Å². The van der Waals surface area contributed by atoms with Crippen LogP contribution in [0.4, 0.5) is 0 Å². The molecule has 1 saturated heterocycles. The second-order valence-electron chi connectivity index (χ2n) is 5.31. The first-order valence-corrected chi connectivity index (χ1v) is 8.42. The van der Waals surface area contributed by atoms with E-state index in [0.717, 1.165) is 29.7 Å². The molecule has 1 aliphatic rings. The standard InChI is InChI=1S/C14H17BrClNOS/c1-14(2)3-4-17(5-6-19-14)13(18)10-7-11(15)9-12(16)8-10/h7-9H,3-6H2,1-2H3. The second kappa shape index (κ2) is 6.06. The van der Waals surface area contributed by atoms with Crippen molar-refractivity contribution in [1.82, 2.24) is 4.90 Å². The van der Waals surface area contributed by atoms with E-state index in [9.17, 15) is 4.79 Å². The summed E-state index contributed by atoms with van der Waals surface area (Å²) in [5.41, 5.74) is 0.657. The molecule has 1 heterocycles. The van der Waals surface area contributed by atoms with Crippen LogP contribution in [0.1, 0.15) is 30.6 Å². The average Bonchev–Trinajstić information content (AvgIpc) is 2.48. The van der Waals surface area contributed by atoms with Crippen LogP contribution < -0.4 is 0 Å². The Morgan fingerprint density at radius 1 is 1.37 bits per heavy atom. The molecule has 1 aromatic carbocycles. The van der Waals surface area contributed by atoms with Crippen LogP contribution in [0.2, 0.25) is 5.02 Å². The van der Waals surface area contributed by atoms with Gasteiger partial charge in [0.05, 0.1) is 0 Å². The van der Waals surface area contributed by atoms with Gasteiger partial charge in [0.2, 0.25) is 0 Å². The van der Waals surface area contributed by atoms with Gasteiger partial charge in [-0.25, -0.2) is 0 Å². The normalized spacial score (nSPS) is 19.1. The van der Waals surface area contributed by atoms with Crippen molar-refractivity contribution in [3.05, 3.63) is 33.3 Å². The van der Waals surface area contributed by atoms with Gasteiger partial charge in [-0.1, -0.05) is 41.4 Å². The molecule has 5 heteroatoms. The Kier molecular flexibility index (Phi) is 4.85. The summed E-state index contributed by atoms with van der Waals surface area (Å²) in [4.78, 5) is 14.4. The van der Waals surface area contributed by atoms with Crippen LogP contribution in [0.5, 0.6) is 0 Å². The largest absolute Gasteiger partial charge is 0.338 e. The SMILES string of the molecule is CC1(C)CCN(C(=O)c2cc(Cl)cc(Br)c2)CCS1. The molecule has 1 aromatic rings. The predicted octanol–water partition coefficient (Wildman–Crippen LogP) is 4.46. The van der Waals surface area contributed by atoms with E-state index in [-0.39, 0.29) is 10.7 Å². The fraction of sp³-hybridized carbons (Fsp3) is 0.500. The van der Waals surface area contributed by atoms with Crippen LogP contribution >= 0.6 is 39.3 Å². The third-order valence-electron chi connectivity index (χ3n) is 3.23. The van der Waals surface area contributed by atoms with E-state index in [1.54, 1.807) is 12.1 Å². The van der Waals surface area contributed by atoms with Gasteiger partial charge in [0.1, 0.15) is 0 Å². The van der Waals surface area contributed by atoms with Crippen molar-refractivity contribution in [2.45, 2.75) is 25.0 Å². The zero-order valence-corrected chi connectivity index (χ0v) is 14.2. The summed E-state index contributed by atoms with van der Waals surface area (Å²) in [6.45, 7) is 6.09. The van der Waals surface area contributed by atoms with Gasteiger partial charge in [0, 0.05) is 38.6 Å². The number of nitrogens with zero attached hydrogens (tertiary/aromatic N) is 1. The summed E-state index contributed by atoms with van der Waals surface area (Å²) >= 11 is 11.3. The maximum Gasteiger partial charge on any atom is 0.253 e. The third-order valence-corrected chi connectivity index (χ3v) is 5.28. The zero-order chi connectivity index (χ0) is 14.0. The molecule has 104 valence electrons. The Balaban J connectivity index is 2.15.